The highest BCUT2D eigenvalue weighted by atomic mass is 15.3. The normalized spacial score (nSPS) is 14.3. The molecule has 19 heavy (non-hydrogen) atoms. The van der Waals surface area contributed by atoms with E-state index in [0.717, 1.165) is 17.9 Å². The maximum absolute atomic E-state index is 4.59. The first-order valence-corrected chi connectivity index (χ1v) is 7.04. The standard InChI is InChI=1S/C16H23N3/c1-4-13(2)14(3)17-12-15-10-11-19(18-15)16-8-6-5-7-9-16/h5-11,13-14,17H,4,12H2,1-3H3. The van der Waals surface area contributed by atoms with Crippen LogP contribution in [0.1, 0.15) is 32.9 Å². The molecule has 3 nitrogen and oxygen atoms in total. The molecular formula is C16H23N3. The van der Waals surface area contributed by atoms with Crippen LogP contribution in [0.2, 0.25) is 0 Å². The summed E-state index contributed by atoms with van der Waals surface area (Å²) in [6.07, 6.45) is 3.22. The van der Waals surface area contributed by atoms with Crippen LogP contribution in [0.15, 0.2) is 42.6 Å². The fraction of sp³-hybridized carbons (Fsp3) is 0.438. The molecule has 0 aliphatic rings. The van der Waals surface area contributed by atoms with Gasteiger partial charge in [0, 0.05) is 18.8 Å². The van der Waals surface area contributed by atoms with Gasteiger partial charge >= 0.3 is 0 Å². The Balaban J connectivity index is 1.95. The highest BCUT2D eigenvalue weighted by Crippen LogP contribution is 2.09. The lowest BCUT2D eigenvalue weighted by molar-refractivity contribution is 0.387. The fourth-order valence-corrected chi connectivity index (χ4v) is 2.00. The van der Waals surface area contributed by atoms with Gasteiger partial charge < -0.3 is 5.32 Å². The van der Waals surface area contributed by atoms with Gasteiger partial charge in [0.05, 0.1) is 11.4 Å². The van der Waals surface area contributed by atoms with Gasteiger partial charge in [0.2, 0.25) is 0 Å². The first-order valence-electron chi connectivity index (χ1n) is 7.04. The molecule has 0 saturated carbocycles. The highest BCUT2D eigenvalue weighted by molar-refractivity contribution is 5.30. The molecule has 0 saturated heterocycles. The van der Waals surface area contributed by atoms with E-state index in [1.54, 1.807) is 0 Å². The molecule has 2 unspecified atom stereocenters. The first-order chi connectivity index (χ1) is 9.20. The summed E-state index contributed by atoms with van der Waals surface area (Å²) in [4.78, 5) is 0. The van der Waals surface area contributed by atoms with E-state index in [0.29, 0.717) is 12.0 Å². The minimum atomic E-state index is 0.520. The van der Waals surface area contributed by atoms with Gasteiger partial charge in [-0.05, 0) is 31.0 Å². The van der Waals surface area contributed by atoms with E-state index < -0.39 is 0 Å². The van der Waals surface area contributed by atoms with Crippen molar-refractivity contribution in [2.45, 2.75) is 39.8 Å². The van der Waals surface area contributed by atoms with Crippen molar-refractivity contribution in [3.8, 4) is 5.69 Å². The van der Waals surface area contributed by atoms with Crippen molar-refractivity contribution in [3.05, 3.63) is 48.3 Å². The van der Waals surface area contributed by atoms with Crippen LogP contribution >= 0.6 is 0 Å². The lowest BCUT2D eigenvalue weighted by Gasteiger charge is -2.19. The van der Waals surface area contributed by atoms with Gasteiger partial charge in [-0.15, -0.1) is 0 Å². The number of rotatable bonds is 6. The zero-order valence-corrected chi connectivity index (χ0v) is 12.0. The van der Waals surface area contributed by atoms with Crippen LogP contribution in [-0.4, -0.2) is 15.8 Å². The first kappa shape index (κ1) is 13.8. The molecule has 1 N–H and O–H groups in total. The SMILES string of the molecule is CCC(C)C(C)NCc1ccn(-c2ccccc2)n1. The Hall–Kier alpha value is -1.61. The minimum Gasteiger partial charge on any atom is -0.308 e. The molecule has 0 fully saturated rings. The lowest BCUT2D eigenvalue weighted by atomic mass is 10.0. The van der Waals surface area contributed by atoms with E-state index in [9.17, 15) is 0 Å². The molecular weight excluding hydrogens is 234 g/mol. The molecule has 3 heteroatoms. The van der Waals surface area contributed by atoms with Gasteiger partial charge in [-0.2, -0.15) is 5.10 Å². The van der Waals surface area contributed by atoms with Crippen molar-refractivity contribution < 1.29 is 0 Å². The molecule has 2 rings (SSSR count). The van der Waals surface area contributed by atoms with Crippen molar-refractivity contribution in [1.29, 1.82) is 0 Å². The molecule has 0 amide bonds. The summed E-state index contributed by atoms with van der Waals surface area (Å²) >= 11 is 0. The lowest BCUT2D eigenvalue weighted by Crippen LogP contribution is -2.31. The summed E-state index contributed by atoms with van der Waals surface area (Å²) in [5.41, 5.74) is 2.18. The number of nitrogens with one attached hydrogen (secondary N) is 1. The second kappa shape index (κ2) is 6.53. The molecule has 102 valence electrons. The monoisotopic (exact) mass is 257 g/mol. The van der Waals surface area contributed by atoms with E-state index in [2.05, 4.69) is 49.4 Å². The van der Waals surface area contributed by atoms with E-state index in [1.165, 1.54) is 6.42 Å². The molecule has 2 aromatic rings. The summed E-state index contributed by atoms with van der Waals surface area (Å²) in [6.45, 7) is 7.57. The van der Waals surface area contributed by atoms with Gasteiger partial charge in [0.1, 0.15) is 0 Å². The van der Waals surface area contributed by atoms with Crippen LogP contribution in [0, 0.1) is 5.92 Å². The summed E-state index contributed by atoms with van der Waals surface area (Å²) in [5, 5.41) is 8.13. The van der Waals surface area contributed by atoms with Crippen molar-refractivity contribution in [1.82, 2.24) is 15.1 Å². The molecule has 0 aliphatic heterocycles. The Bertz CT molecular complexity index is 490. The van der Waals surface area contributed by atoms with Crippen LogP contribution in [0.25, 0.3) is 5.69 Å². The van der Waals surface area contributed by atoms with Crippen molar-refractivity contribution in [2.75, 3.05) is 0 Å². The van der Waals surface area contributed by atoms with Crippen LogP contribution in [-0.2, 0) is 6.54 Å². The molecule has 1 aromatic heterocycles. The average Bonchev–Trinajstić information content (AvgIpc) is 2.93. The molecule has 2 atom stereocenters. The average molecular weight is 257 g/mol. The summed E-state index contributed by atoms with van der Waals surface area (Å²) in [7, 11) is 0. The van der Waals surface area contributed by atoms with Gasteiger partial charge in [0.25, 0.3) is 0 Å². The third-order valence-electron chi connectivity index (χ3n) is 3.77. The third-order valence-corrected chi connectivity index (χ3v) is 3.77. The second-order valence-corrected chi connectivity index (χ2v) is 5.14. The predicted molar refractivity (Wildman–Crippen MR) is 79.3 cm³/mol. The molecule has 1 heterocycles. The zero-order valence-electron chi connectivity index (χ0n) is 12.0. The summed E-state index contributed by atoms with van der Waals surface area (Å²) in [6, 6.07) is 12.8. The Labute approximate surface area is 115 Å². The van der Waals surface area contributed by atoms with Crippen LogP contribution in [0.4, 0.5) is 0 Å². The van der Waals surface area contributed by atoms with Crippen LogP contribution in [0.5, 0.6) is 0 Å². The third kappa shape index (κ3) is 3.67. The minimum absolute atomic E-state index is 0.520. The predicted octanol–water partition coefficient (Wildman–Crippen LogP) is 3.40. The number of hydrogen-bond acceptors (Lipinski definition) is 2. The van der Waals surface area contributed by atoms with Crippen molar-refractivity contribution >= 4 is 0 Å². The number of nitrogens with zero attached hydrogens (tertiary/aromatic N) is 2. The topological polar surface area (TPSA) is 29.9 Å². The Morgan fingerprint density at radius 2 is 1.89 bits per heavy atom. The van der Waals surface area contributed by atoms with Gasteiger partial charge in [0.15, 0.2) is 0 Å². The van der Waals surface area contributed by atoms with Gasteiger partial charge in [-0.1, -0.05) is 38.5 Å². The second-order valence-electron chi connectivity index (χ2n) is 5.14. The van der Waals surface area contributed by atoms with Gasteiger partial charge in [-0.3, -0.25) is 0 Å². The van der Waals surface area contributed by atoms with Gasteiger partial charge in [-0.25, -0.2) is 4.68 Å². The summed E-state index contributed by atoms with van der Waals surface area (Å²) < 4.78 is 1.92. The fourth-order valence-electron chi connectivity index (χ4n) is 2.00. The Morgan fingerprint density at radius 1 is 1.16 bits per heavy atom. The number of benzene rings is 1. The molecule has 0 aliphatic carbocycles. The largest absolute Gasteiger partial charge is 0.308 e. The zero-order chi connectivity index (χ0) is 13.7. The van der Waals surface area contributed by atoms with E-state index >= 15 is 0 Å². The van der Waals surface area contributed by atoms with E-state index in [4.69, 9.17) is 0 Å². The molecule has 0 spiro atoms. The smallest absolute Gasteiger partial charge is 0.0766 e. The summed E-state index contributed by atoms with van der Waals surface area (Å²) in [5.74, 6) is 0.691. The molecule has 1 aromatic carbocycles. The number of aromatic nitrogens is 2. The number of hydrogen-bond donors (Lipinski definition) is 1. The van der Waals surface area contributed by atoms with E-state index in [1.807, 2.05) is 29.1 Å². The Morgan fingerprint density at radius 3 is 2.58 bits per heavy atom. The molecule has 0 radical (unpaired) electrons. The van der Waals surface area contributed by atoms with Crippen LogP contribution in [0.3, 0.4) is 0 Å². The van der Waals surface area contributed by atoms with Crippen LogP contribution < -0.4 is 5.32 Å². The maximum Gasteiger partial charge on any atom is 0.0766 e. The van der Waals surface area contributed by atoms with Crippen molar-refractivity contribution in [3.63, 3.8) is 0 Å². The quantitative estimate of drug-likeness (QED) is 0.859. The highest BCUT2D eigenvalue weighted by Gasteiger charge is 2.10. The molecule has 0 bridgehead atoms. The maximum atomic E-state index is 4.59. The van der Waals surface area contributed by atoms with Crippen molar-refractivity contribution in [2.24, 2.45) is 5.92 Å². The van der Waals surface area contributed by atoms with E-state index in [-0.39, 0.29) is 0 Å². The Kier molecular flexibility index (Phi) is 4.74. The number of para-hydroxylation sites is 1.